The van der Waals surface area contributed by atoms with E-state index in [4.69, 9.17) is 17.3 Å². The van der Waals surface area contributed by atoms with Crippen molar-refractivity contribution < 1.29 is 0 Å². The molecule has 0 aromatic carbocycles. The minimum absolute atomic E-state index is 0.507. The number of pyridine rings is 1. The van der Waals surface area contributed by atoms with Crippen LogP contribution in [-0.4, -0.2) is 40.4 Å². The van der Waals surface area contributed by atoms with Gasteiger partial charge in [-0.25, -0.2) is 4.99 Å². The number of hydrogen-bond donors (Lipinski definition) is 1. The maximum Gasteiger partial charge on any atom is 0.191 e. The van der Waals surface area contributed by atoms with Gasteiger partial charge in [0.1, 0.15) is 0 Å². The fourth-order valence-corrected chi connectivity index (χ4v) is 2.57. The number of halogens is 1. The summed E-state index contributed by atoms with van der Waals surface area (Å²) in [5, 5.41) is 0.638. The van der Waals surface area contributed by atoms with Crippen LogP contribution in [0.15, 0.2) is 23.3 Å². The topological polar surface area (TPSA) is 54.5 Å². The van der Waals surface area contributed by atoms with Crippen LogP contribution < -0.4 is 5.73 Å². The molecule has 1 aromatic heterocycles. The second-order valence-corrected chi connectivity index (χ2v) is 5.40. The smallest absolute Gasteiger partial charge is 0.191 e. The third kappa shape index (κ3) is 3.78. The summed E-state index contributed by atoms with van der Waals surface area (Å²) in [5.41, 5.74) is 6.82. The van der Waals surface area contributed by atoms with Gasteiger partial charge in [-0.05, 0) is 12.1 Å². The van der Waals surface area contributed by atoms with Crippen molar-refractivity contribution >= 4 is 29.3 Å². The van der Waals surface area contributed by atoms with Gasteiger partial charge in [0.05, 0.1) is 17.3 Å². The highest BCUT2D eigenvalue weighted by molar-refractivity contribution is 7.99. The highest BCUT2D eigenvalue weighted by atomic mass is 35.5. The Morgan fingerprint density at radius 1 is 1.47 bits per heavy atom. The van der Waals surface area contributed by atoms with E-state index >= 15 is 0 Å². The molecule has 17 heavy (non-hydrogen) atoms. The second-order valence-electron chi connectivity index (χ2n) is 3.74. The number of aromatic nitrogens is 1. The number of hydrogen-bond acceptors (Lipinski definition) is 3. The number of aliphatic imine (C=N–C) groups is 1. The number of nitrogens with two attached hydrogens (primary N) is 1. The summed E-state index contributed by atoms with van der Waals surface area (Å²) in [6.07, 6.45) is 1.63. The van der Waals surface area contributed by atoms with Crippen LogP contribution in [0, 0.1) is 0 Å². The zero-order valence-electron chi connectivity index (χ0n) is 9.47. The monoisotopic (exact) mass is 270 g/mol. The Labute approximate surface area is 110 Å². The summed E-state index contributed by atoms with van der Waals surface area (Å²) in [7, 11) is 0. The Morgan fingerprint density at radius 2 is 2.24 bits per heavy atom. The fourth-order valence-electron chi connectivity index (χ4n) is 1.55. The zero-order chi connectivity index (χ0) is 12.1. The Bertz CT molecular complexity index is 387. The molecular formula is C11H15ClN4S. The molecule has 0 bridgehead atoms. The first-order valence-electron chi connectivity index (χ1n) is 5.49. The van der Waals surface area contributed by atoms with E-state index in [0.717, 1.165) is 30.3 Å². The van der Waals surface area contributed by atoms with E-state index in [-0.39, 0.29) is 0 Å². The largest absolute Gasteiger partial charge is 0.370 e. The molecule has 4 nitrogen and oxygen atoms in total. The molecular weight excluding hydrogens is 256 g/mol. The van der Waals surface area contributed by atoms with Crippen LogP contribution in [0.1, 0.15) is 5.69 Å². The van der Waals surface area contributed by atoms with Crippen molar-refractivity contribution in [1.29, 1.82) is 0 Å². The first-order valence-corrected chi connectivity index (χ1v) is 7.02. The van der Waals surface area contributed by atoms with Crippen molar-refractivity contribution in [3.05, 3.63) is 29.0 Å². The molecule has 0 unspecified atom stereocenters. The van der Waals surface area contributed by atoms with Gasteiger partial charge in [-0.2, -0.15) is 11.8 Å². The molecule has 0 spiro atoms. The molecule has 1 aromatic rings. The summed E-state index contributed by atoms with van der Waals surface area (Å²) >= 11 is 7.72. The molecule has 1 aliphatic rings. The quantitative estimate of drug-likeness (QED) is 0.655. The molecule has 1 aliphatic heterocycles. The summed E-state index contributed by atoms with van der Waals surface area (Å²) in [5.74, 6) is 2.85. The number of rotatable bonds is 2. The van der Waals surface area contributed by atoms with Crippen LogP contribution in [0.3, 0.4) is 0 Å². The summed E-state index contributed by atoms with van der Waals surface area (Å²) in [6.45, 7) is 2.47. The average molecular weight is 271 g/mol. The minimum atomic E-state index is 0.507. The third-order valence-corrected chi connectivity index (χ3v) is 3.69. The highest BCUT2D eigenvalue weighted by Crippen LogP contribution is 2.09. The third-order valence-electron chi connectivity index (χ3n) is 2.53. The molecule has 6 heteroatoms. The Balaban J connectivity index is 1.92. The van der Waals surface area contributed by atoms with Crippen molar-refractivity contribution in [2.75, 3.05) is 24.6 Å². The normalized spacial score (nSPS) is 17.2. The van der Waals surface area contributed by atoms with E-state index in [0.29, 0.717) is 17.5 Å². The van der Waals surface area contributed by atoms with E-state index in [1.807, 2.05) is 23.9 Å². The summed E-state index contributed by atoms with van der Waals surface area (Å²) < 4.78 is 0. The molecule has 2 N–H and O–H groups in total. The molecule has 92 valence electrons. The van der Waals surface area contributed by atoms with Crippen LogP contribution in [0.5, 0.6) is 0 Å². The van der Waals surface area contributed by atoms with Gasteiger partial charge in [-0.15, -0.1) is 0 Å². The van der Waals surface area contributed by atoms with E-state index in [1.165, 1.54) is 0 Å². The molecule has 0 aliphatic carbocycles. The molecule has 0 amide bonds. The lowest BCUT2D eigenvalue weighted by molar-refractivity contribution is 0.455. The predicted octanol–water partition coefficient (Wildman–Crippen LogP) is 1.60. The predicted molar refractivity (Wildman–Crippen MR) is 73.5 cm³/mol. The van der Waals surface area contributed by atoms with Gasteiger partial charge in [0, 0.05) is 30.8 Å². The van der Waals surface area contributed by atoms with Crippen LogP contribution in [0.25, 0.3) is 0 Å². The second kappa shape index (κ2) is 6.12. The standard InChI is InChI=1S/C11H15ClN4S/c12-9-1-2-10(14-7-9)8-15-11(13)16-3-5-17-6-4-16/h1-2,7H,3-6,8H2,(H2,13,15). The van der Waals surface area contributed by atoms with E-state index in [9.17, 15) is 0 Å². The SMILES string of the molecule is NC(=NCc1ccc(Cl)cn1)N1CCSCC1. The lowest BCUT2D eigenvalue weighted by Gasteiger charge is -2.27. The van der Waals surface area contributed by atoms with E-state index in [2.05, 4.69) is 14.9 Å². The van der Waals surface area contributed by atoms with Crippen molar-refractivity contribution in [3.8, 4) is 0 Å². The molecule has 2 rings (SSSR count). The average Bonchev–Trinajstić information content (AvgIpc) is 2.39. The van der Waals surface area contributed by atoms with Crippen molar-refractivity contribution in [3.63, 3.8) is 0 Å². The zero-order valence-corrected chi connectivity index (χ0v) is 11.0. The van der Waals surface area contributed by atoms with E-state index in [1.54, 1.807) is 6.20 Å². The van der Waals surface area contributed by atoms with Gasteiger partial charge in [0.2, 0.25) is 0 Å². The van der Waals surface area contributed by atoms with Crippen molar-refractivity contribution in [2.45, 2.75) is 6.54 Å². The van der Waals surface area contributed by atoms with Gasteiger partial charge < -0.3 is 10.6 Å². The highest BCUT2D eigenvalue weighted by Gasteiger charge is 2.11. The van der Waals surface area contributed by atoms with E-state index < -0.39 is 0 Å². The number of thioether (sulfide) groups is 1. The summed E-state index contributed by atoms with van der Waals surface area (Å²) in [6, 6.07) is 3.68. The van der Waals surface area contributed by atoms with Crippen molar-refractivity contribution in [2.24, 2.45) is 10.7 Å². The lowest BCUT2D eigenvalue weighted by Crippen LogP contribution is -2.42. The molecule has 2 heterocycles. The van der Waals surface area contributed by atoms with Gasteiger partial charge in [-0.1, -0.05) is 11.6 Å². The molecule has 0 saturated carbocycles. The Kier molecular flexibility index (Phi) is 4.50. The van der Waals surface area contributed by atoms with Gasteiger partial charge in [0.25, 0.3) is 0 Å². The first-order chi connectivity index (χ1) is 8.25. The summed E-state index contributed by atoms with van der Waals surface area (Å²) in [4.78, 5) is 10.6. The van der Waals surface area contributed by atoms with Crippen molar-refractivity contribution in [1.82, 2.24) is 9.88 Å². The van der Waals surface area contributed by atoms with Crippen LogP contribution >= 0.6 is 23.4 Å². The van der Waals surface area contributed by atoms with Crippen LogP contribution in [-0.2, 0) is 6.54 Å². The van der Waals surface area contributed by atoms with Gasteiger partial charge >= 0.3 is 0 Å². The molecule has 0 atom stereocenters. The minimum Gasteiger partial charge on any atom is -0.370 e. The molecule has 1 fully saturated rings. The Morgan fingerprint density at radius 3 is 2.88 bits per heavy atom. The number of nitrogens with zero attached hydrogens (tertiary/aromatic N) is 3. The molecule has 0 radical (unpaired) electrons. The fraction of sp³-hybridized carbons (Fsp3) is 0.455. The maximum absolute atomic E-state index is 5.94. The Hall–Kier alpha value is -0.940. The van der Waals surface area contributed by atoms with Crippen LogP contribution in [0.2, 0.25) is 5.02 Å². The maximum atomic E-state index is 5.94. The first kappa shape index (κ1) is 12.5. The molecule has 1 saturated heterocycles. The van der Waals surface area contributed by atoms with Gasteiger partial charge in [-0.3, -0.25) is 4.98 Å². The number of guanidine groups is 1. The van der Waals surface area contributed by atoms with Crippen LogP contribution in [0.4, 0.5) is 0 Å². The lowest BCUT2D eigenvalue weighted by atomic mass is 10.3. The van der Waals surface area contributed by atoms with Gasteiger partial charge in [0.15, 0.2) is 5.96 Å².